The first kappa shape index (κ1) is 12.1. The number of fused-ring (bicyclic) bond motifs is 1. The molecular weight excluding hydrogens is 232 g/mol. The number of aliphatic imine (C=N–C) groups is 1. The summed E-state index contributed by atoms with van der Waals surface area (Å²) in [6, 6.07) is 2.29. The summed E-state index contributed by atoms with van der Waals surface area (Å²) < 4.78 is 5.10. The summed E-state index contributed by atoms with van der Waals surface area (Å²) >= 11 is 1.64. The highest BCUT2D eigenvalue weighted by Gasteiger charge is 2.23. The Hall–Kier alpha value is -1.34. The molecule has 1 heterocycles. The van der Waals surface area contributed by atoms with E-state index in [0.29, 0.717) is 12.5 Å². The summed E-state index contributed by atoms with van der Waals surface area (Å²) in [5.74, 6) is 0.674. The van der Waals surface area contributed by atoms with Crippen molar-refractivity contribution in [1.29, 1.82) is 5.26 Å². The Labute approximate surface area is 106 Å². The Morgan fingerprint density at radius 2 is 2.47 bits per heavy atom. The Morgan fingerprint density at radius 3 is 3.18 bits per heavy atom. The number of nitriles is 1. The second-order valence-corrected chi connectivity index (χ2v) is 5.42. The molecule has 0 spiro atoms. The van der Waals surface area contributed by atoms with Crippen molar-refractivity contribution >= 4 is 22.7 Å². The first-order valence-corrected chi connectivity index (χ1v) is 6.76. The molecule has 0 bridgehead atoms. The van der Waals surface area contributed by atoms with E-state index >= 15 is 0 Å². The van der Waals surface area contributed by atoms with Gasteiger partial charge in [-0.2, -0.15) is 5.26 Å². The van der Waals surface area contributed by atoms with Gasteiger partial charge in [0.25, 0.3) is 0 Å². The van der Waals surface area contributed by atoms with Crippen LogP contribution in [0.2, 0.25) is 0 Å². The van der Waals surface area contributed by atoms with Crippen molar-refractivity contribution in [1.82, 2.24) is 0 Å². The van der Waals surface area contributed by atoms with Crippen LogP contribution in [0.5, 0.6) is 0 Å². The number of nitrogens with zero attached hydrogens (tertiary/aromatic N) is 2. The third-order valence-corrected chi connectivity index (χ3v) is 4.21. The lowest BCUT2D eigenvalue weighted by atomic mass is 9.88. The Morgan fingerprint density at radius 1 is 1.65 bits per heavy atom. The molecule has 90 valence electrons. The van der Waals surface area contributed by atoms with E-state index in [1.807, 2.05) is 6.92 Å². The molecule has 0 aliphatic heterocycles. The van der Waals surface area contributed by atoms with Crippen LogP contribution >= 0.6 is 11.3 Å². The van der Waals surface area contributed by atoms with Crippen LogP contribution in [0.1, 0.15) is 36.3 Å². The minimum atomic E-state index is 0.605. The van der Waals surface area contributed by atoms with Gasteiger partial charge in [-0.25, -0.2) is 4.99 Å². The summed E-state index contributed by atoms with van der Waals surface area (Å²) in [6.45, 7) is 4.76. The molecule has 0 fully saturated rings. The van der Waals surface area contributed by atoms with Crippen LogP contribution in [0.15, 0.2) is 4.99 Å². The number of hydrogen-bond donors (Lipinski definition) is 0. The molecule has 1 unspecified atom stereocenters. The average Bonchev–Trinajstić information content (AvgIpc) is 2.66. The summed E-state index contributed by atoms with van der Waals surface area (Å²) in [6.07, 6.45) is 4.76. The molecule has 1 aromatic rings. The van der Waals surface area contributed by atoms with Gasteiger partial charge in [0.05, 0.1) is 12.2 Å². The fourth-order valence-corrected chi connectivity index (χ4v) is 3.24. The second kappa shape index (κ2) is 5.33. The summed E-state index contributed by atoms with van der Waals surface area (Å²) in [7, 11) is 0. The quantitative estimate of drug-likeness (QED) is 0.607. The smallest absolute Gasteiger partial charge is 0.175 e. The van der Waals surface area contributed by atoms with Gasteiger partial charge in [0.2, 0.25) is 0 Å². The highest BCUT2D eigenvalue weighted by molar-refractivity contribution is 7.16. The van der Waals surface area contributed by atoms with Gasteiger partial charge in [0.1, 0.15) is 11.1 Å². The summed E-state index contributed by atoms with van der Waals surface area (Å²) in [4.78, 5) is 5.58. The van der Waals surface area contributed by atoms with Gasteiger partial charge >= 0.3 is 0 Å². The van der Waals surface area contributed by atoms with E-state index in [1.54, 1.807) is 11.3 Å². The van der Waals surface area contributed by atoms with Crippen LogP contribution in [-0.2, 0) is 17.6 Å². The molecule has 2 rings (SSSR count). The van der Waals surface area contributed by atoms with E-state index in [1.165, 1.54) is 23.3 Å². The van der Waals surface area contributed by atoms with E-state index in [9.17, 15) is 5.26 Å². The molecule has 1 aromatic heterocycles. The Balaban J connectivity index is 2.32. The van der Waals surface area contributed by atoms with Gasteiger partial charge in [-0.05, 0) is 37.7 Å². The van der Waals surface area contributed by atoms with Crippen molar-refractivity contribution in [3.05, 3.63) is 16.0 Å². The highest BCUT2D eigenvalue weighted by atomic mass is 32.1. The number of hydrogen-bond acceptors (Lipinski definition) is 4. The topological polar surface area (TPSA) is 45.4 Å². The number of aryl methyl sites for hydroxylation is 1. The van der Waals surface area contributed by atoms with Gasteiger partial charge in [-0.3, -0.25) is 0 Å². The van der Waals surface area contributed by atoms with Crippen molar-refractivity contribution in [2.45, 2.75) is 33.1 Å². The molecule has 0 radical (unpaired) electrons. The fraction of sp³-hybridized carbons (Fsp3) is 0.538. The van der Waals surface area contributed by atoms with Crippen molar-refractivity contribution in [3.63, 3.8) is 0 Å². The molecule has 0 aromatic carbocycles. The van der Waals surface area contributed by atoms with E-state index in [2.05, 4.69) is 18.0 Å². The molecule has 1 atom stereocenters. The third-order valence-electron chi connectivity index (χ3n) is 3.01. The van der Waals surface area contributed by atoms with Crippen LogP contribution in [-0.4, -0.2) is 13.0 Å². The Bertz CT molecular complexity index is 470. The molecule has 0 amide bonds. The molecule has 3 nitrogen and oxygen atoms in total. The number of rotatable bonds is 3. The normalized spacial score (nSPS) is 19.0. The van der Waals surface area contributed by atoms with Crippen molar-refractivity contribution in [3.8, 4) is 6.07 Å². The zero-order chi connectivity index (χ0) is 12.3. The first-order valence-electron chi connectivity index (χ1n) is 5.95. The van der Waals surface area contributed by atoms with E-state index in [4.69, 9.17) is 4.74 Å². The second-order valence-electron chi connectivity index (χ2n) is 4.33. The Kier molecular flexibility index (Phi) is 3.80. The summed E-state index contributed by atoms with van der Waals surface area (Å²) in [5, 5.41) is 10.1. The zero-order valence-corrected chi connectivity index (χ0v) is 11.0. The fourth-order valence-electron chi connectivity index (χ4n) is 2.11. The molecule has 0 saturated heterocycles. The predicted molar refractivity (Wildman–Crippen MR) is 70.0 cm³/mol. The number of ether oxygens (including phenoxy) is 1. The molecule has 4 heteroatoms. The lowest BCUT2D eigenvalue weighted by molar-refractivity contribution is 0.344. The van der Waals surface area contributed by atoms with Gasteiger partial charge < -0.3 is 4.74 Å². The standard InChI is InChI=1S/C13H16N2OS/c1-3-16-8-15-13-11(7-14)10-6-9(2)4-5-12(10)17-13/h8-9H,3-6H2,1-2H3/b15-8-. The maximum atomic E-state index is 9.25. The molecule has 0 saturated carbocycles. The lowest BCUT2D eigenvalue weighted by Crippen LogP contribution is -2.09. The largest absolute Gasteiger partial charge is 0.483 e. The molecule has 1 aliphatic rings. The first-order chi connectivity index (χ1) is 8.26. The molecular formula is C13H16N2OS. The van der Waals surface area contributed by atoms with E-state index in [0.717, 1.165) is 23.4 Å². The molecule has 17 heavy (non-hydrogen) atoms. The van der Waals surface area contributed by atoms with Crippen LogP contribution in [0.3, 0.4) is 0 Å². The van der Waals surface area contributed by atoms with Gasteiger partial charge in [0.15, 0.2) is 6.40 Å². The van der Waals surface area contributed by atoms with Crippen LogP contribution in [0.4, 0.5) is 5.00 Å². The van der Waals surface area contributed by atoms with E-state index in [-0.39, 0.29) is 0 Å². The zero-order valence-electron chi connectivity index (χ0n) is 10.2. The maximum Gasteiger partial charge on any atom is 0.175 e. The minimum absolute atomic E-state index is 0.605. The maximum absolute atomic E-state index is 9.25. The lowest BCUT2D eigenvalue weighted by Gasteiger charge is -2.17. The SMILES string of the molecule is CCO/C=N\c1sc2c(c1C#N)CC(C)CC2. The van der Waals surface area contributed by atoms with Crippen LogP contribution in [0.25, 0.3) is 0 Å². The highest BCUT2D eigenvalue weighted by Crippen LogP contribution is 2.40. The van der Waals surface area contributed by atoms with Gasteiger partial charge in [-0.15, -0.1) is 11.3 Å². The van der Waals surface area contributed by atoms with Crippen LogP contribution < -0.4 is 0 Å². The summed E-state index contributed by atoms with van der Waals surface area (Å²) in [5.41, 5.74) is 1.98. The predicted octanol–water partition coefficient (Wildman–Crippen LogP) is 3.44. The average molecular weight is 248 g/mol. The van der Waals surface area contributed by atoms with Gasteiger partial charge in [-0.1, -0.05) is 6.92 Å². The van der Waals surface area contributed by atoms with Gasteiger partial charge in [0, 0.05) is 4.88 Å². The monoisotopic (exact) mass is 248 g/mol. The van der Waals surface area contributed by atoms with Crippen molar-refractivity contribution in [2.75, 3.05) is 6.61 Å². The van der Waals surface area contributed by atoms with E-state index < -0.39 is 0 Å². The van der Waals surface area contributed by atoms with Crippen molar-refractivity contribution in [2.24, 2.45) is 10.9 Å². The van der Waals surface area contributed by atoms with Crippen LogP contribution in [0, 0.1) is 17.2 Å². The number of thiophene rings is 1. The van der Waals surface area contributed by atoms with Crippen molar-refractivity contribution < 1.29 is 4.74 Å². The minimum Gasteiger partial charge on any atom is -0.483 e. The molecule has 0 N–H and O–H groups in total. The molecule has 1 aliphatic carbocycles. The third kappa shape index (κ3) is 2.50.